The fourth-order valence-electron chi connectivity index (χ4n) is 3.57. The maximum absolute atomic E-state index is 13.7. The fraction of sp³-hybridized carbons (Fsp3) is 0.308. The van der Waals surface area contributed by atoms with Crippen LogP contribution in [0.3, 0.4) is 0 Å². The van der Waals surface area contributed by atoms with E-state index in [1.165, 1.54) is 28.4 Å². The Kier molecular flexibility index (Phi) is 8.24. The van der Waals surface area contributed by atoms with Gasteiger partial charge in [-0.1, -0.05) is 30.3 Å². The van der Waals surface area contributed by atoms with Gasteiger partial charge in [-0.15, -0.1) is 11.3 Å². The highest BCUT2D eigenvalue weighted by molar-refractivity contribution is 7.13. The smallest absolute Gasteiger partial charge is 0.248 e. The minimum atomic E-state index is -1.01. The molecule has 184 valence electrons. The lowest BCUT2D eigenvalue weighted by atomic mass is 9.99. The van der Waals surface area contributed by atoms with Gasteiger partial charge in [-0.05, 0) is 57.0 Å². The third-order valence-electron chi connectivity index (χ3n) is 5.10. The second kappa shape index (κ2) is 11.1. The number of nitrogens with zero attached hydrogens (tertiary/aromatic N) is 2. The Hall–Kier alpha value is -3.72. The van der Waals surface area contributed by atoms with E-state index in [-0.39, 0.29) is 36.3 Å². The van der Waals surface area contributed by atoms with Gasteiger partial charge < -0.3 is 15.7 Å². The van der Waals surface area contributed by atoms with Crippen LogP contribution in [0.1, 0.15) is 50.8 Å². The van der Waals surface area contributed by atoms with Crippen LogP contribution in [0, 0.1) is 6.92 Å². The molecule has 35 heavy (non-hydrogen) atoms. The van der Waals surface area contributed by atoms with Gasteiger partial charge in [0.25, 0.3) is 0 Å². The van der Waals surface area contributed by atoms with Gasteiger partial charge in [0.15, 0.2) is 5.13 Å². The molecule has 3 aromatic rings. The third-order valence-corrected chi connectivity index (χ3v) is 5.79. The van der Waals surface area contributed by atoms with Crippen LogP contribution < -0.4 is 15.5 Å². The number of carbonyl (C=O) groups is 3. The molecule has 8 nitrogen and oxygen atoms in total. The monoisotopic (exact) mass is 494 g/mol. The molecule has 1 atom stereocenters. The number of phenols is 1. The van der Waals surface area contributed by atoms with Crippen molar-refractivity contribution in [2.45, 2.75) is 52.1 Å². The third kappa shape index (κ3) is 7.13. The molecule has 0 aliphatic heterocycles. The van der Waals surface area contributed by atoms with Gasteiger partial charge in [-0.2, -0.15) is 0 Å². The van der Waals surface area contributed by atoms with Crippen LogP contribution in [0.2, 0.25) is 0 Å². The molecular formula is C26H30N4O4S. The number of nitrogens with one attached hydrogen (secondary N) is 2. The second-order valence-corrected chi connectivity index (χ2v) is 10.1. The number of anilines is 2. The molecule has 0 fully saturated rings. The molecule has 2 aromatic carbocycles. The minimum absolute atomic E-state index is 0.0522. The van der Waals surface area contributed by atoms with Crippen molar-refractivity contribution in [1.82, 2.24) is 10.3 Å². The van der Waals surface area contributed by atoms with Gasteiger partial charge in [0, 0.05) is 35.6 Å². The number of aromatic hydroxyl groups is 1. The van der Waals surface area contributed by atoms with Crippen molar-refractivity contribution in [3.05, 3.63) is 71.2 Å². The molecule has 1 heterocycles. The van der Waals surface area contributed by atoms with Gasteiger partial charge in [0.1, 0.15) is 11.8 Å². The van der Waals surface area contributed by atoms with E-state index >= 15 is 0 Å². The summed E-state index contributed by atoms with van der Waals surface area (Å²) in [6, 6.07) is 12.5. The molecule has 3 rings (SSSR count). The van der Waals surface area contributed by atoms with Crippen LogP contribution in [0.5, 0.6) is 5.75 Å². The summed E-state index contributed by atoms with van der Waals surface area (Å²) in [5, 5.41) is 17.7. The van der Waals surface area contributed by atoms with E-state index < -0.39 is 11.6 Å². The topological polar surface area (TPSA) is 112 Å². The number of aromatic nitrogens is 1. The molecule has 0 saturated heterocycles. The normalized spacial score (nSPS) is 12.0. The van der Waals surface area contributed by atoms with E-state index in [1.54, 1.807) is 35.8 Å². The number of para-hydroxylation sites is 1. The quantitative estimate of drug-likeness (QED) is 0.425. The first-order valence-electron chi connectivity index (χ1n) is 11.2. The first kappa shape index (κ1) is 25.9. The van der Waals surface area contributed by atoms with E-state index in [0.717, 1.165) is 5.56 Å². The van der Waals surface area contributed by atoms with Crippen LogP contribution >= 0.6 is 11.3 Å². The lowest BCUT2D eigenvalue weighted by Crippen LogP contribution is -2.49. The number of amides is 3. The summed E-state index contributed by atoms with van der Waals surface area (Å²) in [7, 11) is 0. The zero-order chi connectivity index (χ0) is 25.6. The van der Waals surface area contributed by atoms with Crippen LogP contribution in [0.4, 0.5) is 10.8 Å². The van der Waals surface area contributed by atoms with Crippen molar-refractivity contribution in [2.75, 3.05) is 10.2 Å². The molecule has 1 aromatic heterocycles. The van der Waals surface area contributed by atoms with Crippen LogP contribution in [-0.4, -0.2) is 33.4 Å². The van der Waals surface area contributed by atoms with Crippen molar-refractivity contribution in [2.24, 2.45) is 0 Å². The van der Waals surface area contributed by atoms with Crippen molar-refractivity contribution in [3.8, 4) is 5.75 Å². The van der Waals surface area contributed by atoms with E-state index in [9.17, 15) is 19.5 Å². The average molecular weight is 495 g/mol. The molecule has 0 radical (unpaired) electrons. The number of hydrogen-bond donors (Lipinski definition) is 3. The van der Waals surface area contributed by atoms with Crippen LogP contribution in [0.25, 0.3) is 0 Å². The number of benzene rings is 2. The zero-order valence-electron chi connectivity index (χ0n) is 20.2. The number of thiazole rings is 1. The first-order chi connectivity index (χ1) is 16.5. The Labute approximate surface area is 209 Å². The summed E-state index contributed by atoms with van der Waals surface area (Å²) in [5.74, 6) is -1.03. The molecule has 0 aliphatic carbocycles. The summed E-state index contributed by atoms with van der Waals surface area (Å²) >= 11 is 1.29. The molecule has 9 heteroatoms. The molecule has 3 amide bonds. The van der Waals surface area contributed by atoms with Gasteiger partial charge in [-0.25, -0.2) is 4.98 Å². The zero-order valence-corrected chi connectivity index (χ0v) is 21.1. The average Bonchev–Trinajstić information content (AvgIpc) is 3.29. The van der Waals surface area contributed by atoms with Crippen LogP contribution in [-0.2, 0) is 14.4 Å². The van der Waals surface area contributed by atoms with Gasteiger partial charge >= 0.3 is 0 Å². The number of aryl methyl sites for hydroxylation is 1. The standard InChI is InChI=1S/C26H30N4O4S/c1-17-7-5-6-8-20(17)30(22(33)14-13-21(32)28-25-27-15-16-35-25)23(24(34)29-26(2,3)4)18-9-11-19(31)12-10-18/h5-12,15-16,23,31H,13-14H2,1-4H3,(H,29,34)(H,27,28,32). The summed E-state index contributed by atoms with van der Waals surface area (Å²) in [6.07, 6.45) is 1.41. The maximum Gasteiger partial charge on any atom is 0.248 e. The summed E-state index contributed by atoms with van der Waals surface area (Å²) in [5.41, 5.74) is 1.37. The van der Waals surface area contributed by atoms with Gasteiger partial charge in [-0.3, -0.25) is 19.3 Å². The van der Waals surface area contributed by atoms with Crippen molar-refractivity contribution >= 4 is 39.9 Å². The minimum Gasteiger partial charge on any atom is -0.508 e. The van der Waals surface area contributed by atoms with E-state index in [0.29, 0.717) is 16.4 Å². The summed E-state index contributed by atoms with van der Waals surface area (Å²) in [4.78, 5) is 45.1. The molecule has 0 spiro atoms. The Bertz CT molecular complexity index is 1170. The van der Waals surface area contributed by atoms with Gasteiger partial charge in [0.05, 0.1) is 0 Å². The Balaban J connectivity index is 1.97. The summed E-state index contributed by atoms with van der Waals surface area (Å²) < 4.78 is 0. The van der Waals surface area contributed by atoms with Crippen molar-refractivity contribution in [1.29, 1.82) is 0 Å². The largest absolute Gasteiger partial charge is 0.508 e. The molecule has 3 N–H and O–H groups in total. The molecular weight excluding hydrogens is 464 g/mol. The Morgan fingerprint density at radius 1 is 1.06 bits per heavy atom. The maximum atomic E-state index is 13.7. The number of hydrogen-bond acceptors (Lipinski definition) is 6. The van der Waals surface area contributed by atoms with Crippen molar-refractivity contribution in [3.63, 3.8) is 0 Å². The predicted octanol–water partition coefficient (Wildman–Crippen LogP) is 4.57. The van der Waals surface area contributed by atoms with E-state index in [1.807, 2.05) is 39.8 Å². The second-order valence-electron chi connectivity index (χ2n) is 9.17. The number of rotatable bonds is 8. The Morgan fingerprint density at radius 2 is 1.74 bits per heavy atom. The number of phenolic OH excluding ortho intramolecular Hbond substituents is 1. The highest BCUT2D eigenvalue weighted by atomic mass is 32.1. The first-order valence-corrected chi connectivity index (χ1v) is 12.1. The molecule has 1 unspecified atom stereocenters. The molecule has 0 bridgehead atoms. The predicted molar refractivity (Wildman–Crippen MR) is 137 cm³/mol. The van der Waals surface area contributed by atoms with E-state index in [2.05, 4.69) is 15.6 Å². The lowest BCUT2D eigenvalue weighted by Gasteiger charge is -2.34. The van der Waals surface area contributed by atoms with E-state index in [4.69, 9.17) is 0 Å². The molecule has 0 saturated carbocycles. The lowest BCUT2D eigenvalue weighted by molar-refractivity contribution is -0.128. The molecule has 0 aliphatic rings. The SMILES string of the molecule is Cc1ccccc1N(C(=O)CCC(=O)Nc1nccs1)C(C(=O)NC(C)(C)C)c1ccc(O)cc1. The number of carbonyl (C=O) groups excluding carboxylic acids is 3. The fourth-order valence-corrected chi connectivity index (χ4v) is 4.12. The van der Waals surface area contributed by atoms with Gasteiger partial charge in [0.2, 0.25) is 17.7 Å². The van der Waals surface area contributed by atoms with Crippen molar-refractivity contribution < 1.29 is 19.5 Å². The highest BCUT2D eigenvalue weighted by Gasteiger charge is 2.35. The van der Waals surface area contributed by atoms with Crippen LogP contribution in [0.15, 0.2) is 60.1 Å². The summed E-state index contributed by atoms with van der Waals surface area (Å²) in [6.45, 7) is 7.45. The Morgan fingerprint density at radius 3 is 2.34 bits per heavy atom. The highest BCUT2D eigenvalue weighted by Crippen LogP contribution is 2.32.